The number of rotatable bonds is 8. The van der Waals surface area contributed by atoms with Crippen LogP contribution in [0.25, 0.3) is 0 Å². The van der Waals surface area contributed by atoms with Crippen molar-refractivity contribution in [2.75, 3.05) is 12.4 Å². The van der Waals surface area contributed by atoms with Gasteiger partial charge in [-0.25, -0.2) is 4.98 Å². The second-order valence-electron chi connectivity index (χ2n) is 5.61. The van der Waals surface area contributed by atoms with E-state index in [1.165, 1.54) is 42.7 Å². The minimum absolute atomic E-state index is 0.0496. The molecule has 3 aromatic rings. The van der Waals surface area contributed by atoms with Gasteiger partial charge in [-0.2, -0.15) is 8.78 Å². The normalized spacial score (nSPS) is 10.7. The fourth-order valence-electron chi connectivity index (χ4n) is 2.36. The Morgan fingerprint density at radius 3 is 2.66 bits per heavy atom. The van der Waals surface area contributed by atoms with Crippen LogP contribution in [0.15, 0.2) is 47.3 Å². The lowest BCUT2D eigenvalue weighted by molar-refractivity contribution is -0.0497. The molecule has 6 nitrogen and oxygen atoms in total. The number of anilines is 1. The van der Waals surface area contributed by atoms with E-state index in [0.29, 0.717) is 22.7 Å². The van der Waals surface area contributed by atoms with E-state index in [0.717, 1.165) is 5.69 Å². The first-order valence-corrected chi connectivity index (χ1v) is 9.52. The predicted octanol–water partition coefficient (Wildman–Crippen LogP) is 5.24. The van der Waals surface area contributed by atoms with E-state index in [-0.39, 0.29) is 17.4 Å². The lowest BCUT2D eigenvalue weighted by Crippen LogP contribution is -2.12. The third kappa shape index (κ3) is 5.55. The molecule has 3 rings (SSSR count). The van der Waals surface area contributed by atoms with Crippen LogP contribution in [0, 0.1) is 0 Å². The van der Waals surface area contributed by atoms with Gasteiger partial charge in [0, 0.05) is 16.6 Å². The number of halogens is 3. The van der Waals surface area contributed by atoms with Crippen LogP contribution in [0.3, 0.4) is 0 Å². The molecular weight excluding hydrogens is 426 g/mol. The van der Waals surface area contributed by atoms with Crippen LogP contribution in [0.4, 0.5) is 14.5 Å². The summed E-state index contributed by atoms with van der Waals surface area (Å²) in [4.78, 5) is 16.6. The second-order valence-corrected chi connectivity index (χ2v) is 6.74. The van der Waals surface area contributed by atoms with Gasteiger partial charge in [-0.05, 0) is 36.4 Å². The monoisotopic (exact) mass is 440 g/mol. The topological polar surface area (TPSA) is 69.7 Å². The Kier molecular flexibility index (Phi) is 6.84. The number of carbonyl (C=O) groups excluding carboxylic acids is 1. The Morgan fingerprint density at radius 1 is 1.21 bits per heavy atom. The third-order valence-corrected chi connectivity index (χ3v) is 4.62. The Labute approximate surface area is 174 Å². The van der Waals surface area contributed by atoms with Crippen molar-refractivity contribution in [1.82, 2.24) is 4.98 Å². The molecule has 152 valence electrons. The lowest BCUT2D eigenvalue weighted by atomic mass is 10.1. The maximum Gasteiger partial charge on any atom is 0.387 e. The van der Waals surface area contributed by atoms with Gasteiger partial charge in [-0.1, -0.05) is 11.6 Å². The standard InChI is InChI=1S/C19H15ClF2N2O4S/c1-26-17-6-11(2-4-16(17)27-8-13-9-29-10-23-13)18(25)24-12-3-5-15(14(20)7-12)28-19(21)22/h2-7,9-10,19H,8H2,1H3,(H,24,25). The van der Waals surface area contributed by atoms with Crippen LogP contribution in [0.5, 0.6) is 17.2 Å². The fraction of sp³-hybridized carbons (Fsp3) is 0.158. The summed E-state index contributed by atoms with van der Waals surface area (Å²) in [7, 11) is 1.47. The molecule has 29 heavy (non-hydrogen) atoms. The number of benzene rings is 2. The molecular formula is C19H15ClF2N2O4S. The first-order chi connectivity index (χ1) is 14.0. The molecule has 0 atom stereocenters. The van der Waals surface area contributed by atoms with E-state index in [2.05, 4.69) is 15.0 Å². The van der Waals surface area contributed by atoms with Crippen molar-refractivity contribution < 1.29 is 27.8 Å². The highest BCUT2D eigenvalue weighted by Crippen LogP contribution is 2.31. The maximum absolute atomic E-state index is 12.5. The van der Waals surface area contributed by atoms with Crippen LogP contribution in [-0.4, -0.2) is 24.6 Å². The van der Waals surface area contributed by atoms with E-state index in [1.807, 2.05) is 5.38 Å². The molecule has 10 heteroatoms. The van der Waals surface area contributed by atoms with E-state index in [9.17, 15) is 13.6 Å². The van der Waals surface area contributed by atoms with Crippen molar-refractivity contribution in [2.45, 2.75) is 13.2 Å². The average Bonchev–Trinajstić information content (AvgIpc) is 3.21. The van der Waals surface area contributed by atoms with Gasteiger partial charge >= 0.3 is 6.61 Å². The summed E-state index contributed by atoms with van der Waals surface area (Å²) in [6.45, 7) is -2.71. The SMILES string of the molecule is COc1cc(C(=O)Nc2ccc(OC(F)F)c(Cl)c2)ccc1OCc1cscn1. The van der Waals surface area contributed by atoms with E-state index >= 15 is 0 Å². The molecule has 1 N–H and O–H groups in total. The van der Waals surface area contributed by atoms with Gasteiger partial charge in [-0.15, -0.1) is 11.3 Å². The number of thiazole rings is 1. The molecule has 0 aliphatic rings. The molecule has 1 amide bonds. The molecule has 0 saturated heterocycles. The summed E-state index contributed by atoms with van der Waals surface area (Å²) in [5.41, 5.74) is 3.13. The number of hydrogen-bond acceptors (Lipinski definition) is 6. The number of nitrogens with zero attached hydrogens (tertiary/aromatic N) is 1. The van der Waals surface area contributed by atoms with Gasteiger partial charge in [0.1, 0.15) is 12.4 Å². The number of amides is 1. The molecule has 0 saturated carbocycles. The number of aromatic nitrogens is 1. The van der Waals surface area contributed by atoms with Crippen molar-refractivity contribution in [3.63, 3.8) is 0 Å². The molecule has 0 fully saturated rings. The number of methoxy groups -OCH3 is 1. The molecule has 1 heterocycles. The Morgan fingerprint density at radius 2 is 2.00 bits per heavy atom. The van der Waals surface area contributed by atoms with Gasteiger partial charge in [0.05, 0.1) is 23.3 Å². The highest BCUT2D eigenvalue weighted by atomic mass is 35.5. The molecule has 0 spiro atoms. The first kappa shape index (κ1) is 20.8. The minimum Gasteiger partial charge on any atom is -0.493 e. The zero-order valence-corrected chi connectivity index (χ0v) is 16.6. The zero-order chi connectivity index (χ0) is 20.8. The van der Waals surface area contributed by atoms with Gasteiger partial charge in [0.15, 0.2) is 11.5 Å². The Balaban J connectivity index is 1.69. The summed E-state index contributed by atoms with van der Waals surface area (Å²) in [5.74, 6) is 0.232. The quantitative estimate of drug-likeness (QED) is 0.519. The number of carbonyl (C=O) groups is 1. The molecule has 0 aliphatic heterocycles. The van der Waals surface area contributed by atoms with E-state index in [1.54, 1.807) is 17.6 Å². The van der Waals surface area contributed by atoms with Crippen molar-refractivity contribution in [3.05, 3.63) is 63.6 Å². The number of hydrogen-bond donors (Lipinski definition) is 1. The molecule has 0 aliphatic carbocycles. The number of ether oxygens (including phenoxy) is 3. The smallest absolute Gasteiger partial charge is 0.387 e. The van der Waals surface area contributed by atoms with Crippen LogP contribution in [-0.2, 0) is 6.61 Å². The van der Waals surface area contributed by atoms with E-state index in [4.69, 9.17) is 21.1 Å². The van der Waals surface area contributed by atoms with Crippen LogP contribution in [0.2, 0.25) is 5.02 Å². The lowest BCUT2D eigenvalue weighted by Gasteiger charge is -2.12. The van der Waals surface area contributed by atoms with Gasteiger partial charge < -0.3 is 19.5 Å². The third-order valence-electron chi connectivity index (χ3n) is 3.69. The average molecular weight is 441 g/mol. The largest absolute Gasteiger partial charge is 0.493 e. The molecule has 0 unspecified atom stereocenters. The van der Waals surface area contributed by atoms with Gasteiger partial charge in [0.2, 0.25) is 0 Å². The maximum atomic E-state index is 12.5. The van der Waals surface area contributed by atoms with E-state index < -0.39 is 12.5 Å². The van der Waals surface area contributed by atoms with Crippen molar-refractivity contribution in [1.29, 1.82) is 0 Å². The van der Waals surface area contributed by atoms with Gasteiger partial charge in [-0.3, -0.25) is 4.79 Å². The minimum atomic E-state index is -2.99. The van der Waals surface area contributed by atoms with Crippen molar-refractivity contribution in [3.8, 4) is 17.2 Å². The highest BCUT2D eigenvalue weighted by Gasteiger charge is 2.14. The fourth-order valence-corrected chi connectivity index (χ4v) is 3.13. The Hall–Kier alpha value is -2.91. The zero-order valence-electron chi connectivity index (χ0n) is 15.0. The summed E-state index contributed by atoms with van der Waals surface area (Å²) in [5, 5.41) is 4.46. The molecule has 0 bridgehead atoms. The van der Waals surface area contributed by atoms with Crippen LogP contribution >= 0.6 is 22.9 Å². The van der Waals surface area contributed by atoms with Crippen molar-refractivity contribution in [2.24, 2.45) is 0 Å². The number of nitrogens with one attached hydrogen (secondary N) is 1. The van der Waals surface area contributed by atoms with Crippen LogP contribution in [0.1, 0.15) is 16.1 Å². The molecule has 2 aromatic carbocycles. The summed E-state index contributed by atoms with van der Waals surface area (Å²) < 4.78 is 39.8. The molecule has 1 aromatic heterocycles. The summed E-state index contributed by atoms with van der Waals surface area (Å²) in [6.07, 6.45) is 0. The predicted molar refractivity (Wildman–Crippen MR) is 105 cm³/mol. The first-order valence-electron chi connectivity index (χ1n) is 8.20. The summed E-state index contributed by atoms with van der Waals surface area (Å²) in [6, 6.07) is 8.70. The molecule has 0 radical (unpaired) electrons. The Bertz CT molecular complexity index is 986. The number of alkyl halides is 2. The van der Waals surface area contributed by atoms with Gasteiger partial charge in [0.25, 0.3) is 5.91 Å². The second kappa shape index (κ2) is 9.53. The van der Waals surface area contributed by atoms with Crippen LogP contribution < -0.4 is 19.5 Å². The summed E-state index contributed by atoms with van der Waals surface area (Å²) >= 11 is 7.36. The highest BCUT2D eigenvalue weighted by molar-refractivity contribution is 7.07. The van der Waals surface area contributed by atoms with Crippen molar-refractivity contribution >= 4 is 34.5 Å².